The van der Waals surface area contributed by atoms with Crippen molar-refractivity contribution < 1.29 is 18.0 Å². The summed E-state index contributed by atoms with van der Waals surface area (Å²) in [4.78, 5) is 9.96. The number of aromatic nitrogens is 1. The van der Waals surface area contributed by atoms with Crippen molar-refractivity contribution in [2.45, 2.75) is 24.7 Å². The first-order valence-corrected chi connectivity index (χ1v) is 12.3. The molecule has 0 saturated heterocycles. The van der Waals surface area contributed by atoms with Crippen LogP contribution in [-0.4, -0.2) is 21.9 Å². The zero-order valence-electron chi connectivity index (χ0n) is 19.0. The van der Waals surface area contributed by atoms with E-state index in [0.717, 1.165) is 16.6 Å². The summed E-state index contributed by atoms with van der Waals surface area (Å²) in [6.07, 6.45) is -3.62. The van der Waals surface area contributed by atoms with Crippen molar-refractivity contribution in [3.8, 4) is 0 Å². The molecule has 0 spiro atoms. The van der Waals surface area contributed by atoms with Crippen molar-refractivity contribution in [2.75, 3.05) is 0 Å². The van der Waals surface area contributed by atoms with Gasteiger partial charge in [0.25, 0.3) is 5.60 Å². The lowest BCUT2D eigenvalue weighted by Gasteiger charge is -2.29. The number of rotatable bonds is 5. The molecule has 188 valence electrons. The fraction of sp³-hybridized carbons (Fsp3) is 0.148. The standard InChI is InChI=1S/C27H18Cl2F3N3OS/c28-17-11-16(12-18(29)13-17)26(27(30,31)32)14-24(35-36-26)22-8-9-23(21-7-2-1-6-20(21)22)25(37)34-15-19-5-3-4-10-33-19/h1-13H,14-15H2,(H,34,37). The fourth-order valence-corrected chi connectivity index (χ4v) is 5.13. The van der Waals surface area contributed by atoms with Crippen LogP contribution in [0.1, 0.15) is 28.8 Å². The zero-order chi connectivity index (χ0) is 26.2. The first-order chi connectivity index (χ1) is 17.7. The fourth-order valence-electron chi connectivity index (χ4n) is 4.35. The number of pyridine rings is 1. The van der Waals surface area contributed by atoms with Crippen LogP contribution in [0.25, 0.3) is 10.8 Å². The zero-order valence-corrected chi connectivity index (χ0v) is 21.3. The monoisotopic (exact) mass is 559 g/mol. The number of fused-ring (bicyclic) bond motifs is 1. The van der Waals surface area contributed by atoms with Crippen LogP contribution in [0.2, 0.25) is 10.0 Å². The minimum absolute atomic E-state index is 0.0738. The van der Waals surface area contributed by atoms with Crippen LogP contribution in [0.5, 0.6) is 0 Å². The molecule has 1 aromatic heterocycles. The maximum Gasteiger partial charge on any atom is 0.435 e. The van der Waals surface area contributed by atoms with E-state index >= 15 is 0 Å². The van der Waals surface area contributed by atoms with Gasteiger partial charge >= 0.3 is 6.18 Å². The van der Waals surface area contributed by atoms with Crippen molar-refractivity contribution in [2.24, 2.45) is 5.16 Å². The van der Waals surface area contributed by atoms with Gasteiger partial charge in [0.1, 0.15) is 4.99 Å². The van der Waals surface area contributed by atoms with E-state index in [1.165, 1.54) is 18.2 Å². The van der Waals surface area contributed by atoms with Crippen LogP contribution in [-0.2, 0) is 17.0 Å². The summed E-state index contributed by atoms with van der Waals surface area (Å²) in [5.74, 6) is 0. The summed E-state index contributed by atoms with van der Waals surface area (Å²) in [5, 5.41) is 8.74. The number of thiocarbonyl (C=S) groups is 1. The van der Waals surface area contributed by atoms with E-state index in [4.69, 9.17) is 40.3 Å². The molecule has 1 aliphatic rings. The summed E-state index contributed by atoms with van der Waals surface area (Å²) >= 11 is 17.7. The van der Waals surface area contributed by atoms with Crippen LogP contribution in [0.15, 0.2) is 84.1 Å². The predicted octanol–water partition coefficient (Wildman–Crippen LogP) is 7.59. The van der Waals surface area contributed by atoms with Gasteiger partial charge in [0.15, 0.2) is 0 Å². The molecule has 10 heteroatoms. The maximum atomic E-state index is 14.4. The molecule has 1 unspecified atom stereocenters. The molecule has 0 amide bonds. The van der Waals surface area contributed by atoms with E-state index in [0.29, 0.717) is 22.5 Å². The molecule has 1 atom stereocenters. The number of hydrogen-bond acceptors (Lipinski definition) is 4. The average Bonchev–Trinajstić information content (AvgIpc) is 3.34. The second-order valence-electron chi connectivity index (χ2n) is 8.50. The van der Waals surface area contributed by atoms with Gasteiger partial charge in [-0.15, -0.1) is 0 Å². The average molecular weight is 560 g/mol. The number of nitrogens with zero attached hydrogens (tertiary/aromatic N) is 2. The van der Waals surface area contributed by atoms with Crippen molar-refractivity contribution >= 4 is 56.9 Å². The van der Waals surface area contributed by atoms with Crippen LogP contribution in [0.4, 0.5) is 13.2 Å². The Hall–Kier alpha value is -3.20. The van der Waals surface area contributed by atoms with E-state index in [9.17, 15) is 13.2 Å². The van der Waals surface area contributed by atoms with E-state index in [-0.39, 0.29) is 21.3 Å². The molecule has 0 bridgehead atoms. The quantitative estimate of drug-likeness (QED) is 0.256. The van der Waals surface area contributed by atoms with Crippen molar-refractivity contribution in [1.29, 1.82) is 0 Å². The lowest BCUT2D eigenvalue weighted by molar-refractivity contribution is -0.275. The van der Waals surface area contributed by atoms with Gasteiger partial charge in [0.05, 0.1) is 18.0 Å². The van der Waals surface area contributed by atoms with Crippen molar-refractivity contribution in [1.82, 2.24) is 10.3 Å². The Kier molecular flexibility index (Phi) is 6.83. The maximum absolute atomic E-state index is 14.4. The van der Waals surface area contributed by atoms with Gasteiger partial charge in [-0.3, -0.25) is 4.98 Å². The van der Waals surface area contributed by atoms with E-state index in [2.05, 4.69) is 15.5 Å². The third-order valence-corrected chi connectivity index (χ3v) is 6.95. The Labute approximate surface area is 226 Å². The first kappa shape index (κ1) is 25.4. The van der Waals surface area contributed by atoms with Crippen LogP contribution >= 0.6 is 35.4 Å². The van der Waals surface area contributed by atoms with Gasteiger partial charge in [0.2, 0.25) is 0 Å². The largest absolute Gasteiger partial charge is 0.435 e. The number of alkyl halides is 3. The molecular formula is C27H18Cl2F3N3OS. The lowest BCUT2D eigenvalue weighted by Crippen LogP contribution is -2.42. The first-order valence-electron chi connectivity index (χ1n) is 11.2. The van der Waals surface area contributed by atoms with Crippen LogP contribution in [0, 0.1) is 0 Å². The smallest absolute Gasteiger partial charge is 0.374 e. The SMILES string of the molecule is FC(F)(F)C1(c2cc(Cl)cc(Cl)c2)CC(c2ccc(C(=S)NCc3ccccn3)c3ccccc23)=NO1. The Morgan fingerprint density at radius 1 is 0.973 bits per heavy atom. The summed E-state index contributed by atoms with van der Waals surface area (Å²) in [6.45, 7) is 0.437. The normalized spacial score (nSPS) is 17.4. The van der Waals surface area contributed by atoms with Crippen molar-refractivity contribution in [3.63, 3.8) is 0 Å². The second kappa shape index (κ2) is 9.93. The van der Waals surface area contributed by atoms with Gasteiger partial charge in [-0.1, -0.05) is 83.0 Å². The molecule has 0 fully saturated rings. The van der Waals surface area contributed by atoms with E-state index < -0.39 is 18.2 Å². The van der Waals surface area contributed by atoms with Gasteiger partial charge in [0, 0.05) is 39.4 Å². The third kappa shape index (κ3) is 4.89. The summed E-state index contributed by atoms with van der Waals surface area (Å²) in [7, 11) is 0. The molecule has 5 rings (SSSR count). The van der Waals surface area contributed by atoms with Gasteiger partial charge in [-0.25, -0.2) is 0 Å². The second-order valence-corrected chi connectivity index (χ2v) is 9.78. The molecule has 2 heterocycles. The van der Waals surface area contributed by atoms with Gasteiger partial charge in [-0.05, 0) is 41.1 Å². The van der Waals surface area contributed by atoms with E-state index in [1.807, 2.05) is 42.5 Å². The molecule has 3 aromatic carbocycles. The summed E-state index contributed by atoms with van der Waals surface area (Å²) in [6, 6.07) is 20.2. The van der Waals surface area contributed by atoms with Gasteiger partial charge in [-0.2, -0.15) is 13.2 Å². The molecule has 37 heavy (non-hydrogen) atoms. The third-order valence-electron chi connectivity index (χ3n) is 6.15. The predicted molar refractivity (Wildman–Crippen MR) is 143 cm³/mol. The Morgan fingerprint density at radius 2 is 1.68 bits per heavy atom. The molecule has 0 radical (unpaired) electrons. The molecule has 4 nitrogen and oxygen atoms in total. The topological polar surface area (TPSA) is 46.5 Å². The molecule has 0 aliphatic carbocycles. The summed E-state index contributed by atoms with van der Waals surface area (Å²) in [5.41, 5.74) is -0.677. The number of hydrogen-bond donors (Lipinski definition) is 1. The number of nitrogens with one attached hydrogen (secondary N) is 1. The molecular weight excluding hydrogens is 542 g/mol. The highest BCUT2D eigenvalue weighted by molar-refractivity contribution is 7.80. The van der Waals surface area contributed by atoms with Crippen LogP contribution in [0.3, 0.4) is 0 Å². The van der Waals surface area contributed by atoms with Crippen LogP contribution < -0.4 is 5.32 Å². The summed E-state index contributed by atoms with van der Waals surface area (Å²) < 4.78 is 43.3. The van der Waals surface area contributed by atoms with Gasteiger partial charge < -0.3 is 10.2 Å². The molecule has 1 aliphatic heterocycles. The highest BCUT2D eigenvalue weighted by Gasteiger charge is 2.62. The highest BCUT2D eigenvalue weighted by Crippen LogP contribution is 2.50. The van der Waals surface area contributed by atoms with Crippen molar-refractivity contribution in [3.05, 3.63) is 111 Å². The minimum Gasteiger partial charge on any atom is -0.374 e. The number of halogens is 5. The number of oxime groups is 1. The Bertz CT molecular complexity index is 1510. The lowest BCUT2D eigenvalue weighted by atomic mass is 9.85. The minimum atomic E-state index is -4.78. The van der Waals surface area contributed by atoms with E-state index in [1.54, 1.807) is 18.3 Å². The Morgan fingerprint density at radius 3 is 2.35 bits per heavy atom. The molecule has 4 aromatic rings. The number of benzene rings is 3. The Balaban J connectivity index is 1.49. The molecule has 0 saturated carbocycles. The highest BCUT2D eigenvalue weighted by atomic mass is 35.5. The molecule has 1 N–H and O–H groups in total.